The van der Waals surface area contributed by atoms with E-state index in [1.54, 1.807) is 24.3 Å². The first-order valence-electron chi connectivity index (χ1n) is 7.78. The number of hydrogen-bond donors (Lipinski definition) is 0. The van der Waals surface area contributed by atoms with Gasteiger partial charge in [0.25, 0.3) is 5.56 Å². The van der Waals surface area contributed by atoms with Crippen LogP contribution >= 0.6 is 11.3 Å². The molecule has 0 N–H and O–H groups in total. The molecule has 7 nitrogen and oxygen atoms in total. The van der Waals surface area contributed by atoms with Gasteiger partial charge >= 0.3 is 5.97 Å². The standard InChI is InChI=1S/C17H17N3O4S/c1-4-5-15-18-17-20(19-15)16(22)14(25-17)9-11-6-7-12(24-10(2)21)13(8-11)23-3/h6-9H,4-5H2,1-3H3/b14-9-. The van der Waals surface area contributed by atoms with Gasteiger partial charge in [0, 0.05) is 13.3 Å². The van der Waals surface area contributed by atoms with Crippen molar-refractivity contribution >= 4 is 28.3 Å². The first kappa shape index (κ1) is 17.1. The molecule has 2 aromatic heterocycles. The number of carbonyl (C=O) groups excluding carboxylic acids is 1. The van der Waals surface area contributed by atoms with Crippen LogP contribution in [0.2, 0.25) is 0 Å². The van der Waals surface area contributed by atoms with E-state index in [1.807, 2.05) is 6.92 Å². The molecule has 0 unspecified atom stereocenters. The molecule has 0 aliphatic carbocycles. The first-order chi connectivity index (χ1) is 12.0. The van der Waals surface area contributed by atoms with Crippen LogP contribution in [-0.4, -0.2) is 27.7 Å². The van der Waals surface area contributed by atoms with Crippen molar-refractivity contribution in [2.24, 2.45) is 0 Å². The van der Waals surface area contributed by atoms with Crippen molar-refractivity contribution in [1.29, 1.82) is 0 Å². The fourth-order valence-electron chi connectivity index (χ4n) is 2.37. The molecule has 25 heavy (non-hydrogen) atoms. The molecule has 130 valence electrons. The van der Waals surface area contributed by atoms with E-state index < -0.39 is 5.97 Å². The highest BCUT2D eigenvalue weighted by molar-refractivity contribution is 7.15. The Morgan fingerprint density at radius 3 is 2.80 bits per heavy atom. The molecule has 0 atom stereocenters. The smallest absolute Gasteiger partial charge is 0.308 e. The van der Waals surface area contributed by atoms with Crippen molar-refractivity contribution in [2.75, 3.05) is 7.11 Å². The van der Waals surface area contributed by atoms with Crippen LogP contribution in [0, 0.1) is 0 Å². The molecule has 0 fully saturated rings. The predicted octanol–water partition coefficient (Wildman–Crippen LogP) is 1.59. The van der Waals surface area contributed by atoms with E-state index in [-0.39, 0.29) is 5.56 Å². The van der Waals surface area contributed by atoms with E-state index >= 15 is 0 Å². The Morgan fingerprint density at radius 2 is 2.16 bits per heavy atom. The molecule has 0 aliphatic heterocycles. The summed E-state index contributed by atoms with van der Waals surface area (Å²) in [6.07, 6.45) is 3.42. The number of ether oxygens (including phenoxy) is 2. The summed E-state index contributed by atoms with van der Waals surface area (Å²) in [7, 11) is 1.49. The number of fused-ring (bicyclic) bond motifs is 1. The zero-order valence-electron chi connectivity index (χ0n) is 14.1. The third-order valence-electron chi connectivity index (χ3n) is 3.44. The van der Waals surface area contributed by atoms with Gasteiger partial charge in [-0.2, -0.15) is 4.52 Å². The lowest BCUT2D eigenvalue weighted by atomic mass is 10.2. The van der Waals surface area contributed by atoms with Gasteiger partial charge in [-0.15, -0.1) is 5.10 Å². The van der Waals surface area contributed by atoms with Crippen LogP contribution in [0.25, 0.3) is 11.0 Å². The Balaban J connectivity index is 2.01. The van der Waals surface area contributed by atoms with Crippen LogP contribution in [0.5, 0.6) is 11.5 Å². The number of aryl methyl sites for hydroxylation is 1. The number of carbonyl (C=O) groups is 1. The number of methoxy groups -OCH3 is 1. The summed E-state index contributed by atoms with van der Waals surface area (Å²) in [5, 5.41) is 4.25. The monoisotopic (exact) mass is 359 g/mol. The highest BCUT2D eigenvalue weighted by atomic mass is 32.1. The van der Waals surface area contributed by atoms with Gasteiger partial charge in [-0.25, -0.2) is 4.98 Å². The van der Waals surface area contributed by atoms with Crippen molar-refractivity contribution in [3.05, 3.63) is 44.5 Å². The molecule has 0 spiro atoms. The fourth-order valence-corrected chi connectivity index (χ4v) is 3.29. The third-order valence-corrected chi connectivity index (χ3v) is 4.40. The molecular weight excluding hydrogens is 342 g/mol. The lowest BCUT2D eigenvalue weighted by Crippen LogP contribution is -2.23. The zero-order chi connectivity index (χ0) is 18.0. The molecule has 0 bridgehead atoms. The number of nitrogens with zero attached hydrogens (tertiary/aromatic N) is 3. The van der Waals surface area contributed by atoms with Gasteiger partial charge in [-0.05, 0) is 30.2 Å². The molecule has 0 radical (unpaired) electrons. The van der Waals surface area contributed by atoms with Crippen molar-refractivity contribution in [3.63, 3.8) is 0 Å². The Kier molecular flexibility index (Phi) is 4.80. The summed E-state index contributed by atoms with van der Waals surface area (Å²) in [6, 6.07) is 5.08. The maximum absolute atomic E-state index is 12.5. The van der Waals surface area contributed by atoms with Crippen LogP contribution in [0.15, 0.2) is 23.0 Å². The number of esters is 1. The van der Waals surface area contributed by atoms with Gasteiger partial charge in [-0.3, -0.25) is 9.59 Å². The average Bonchev–Trinajstić information content (AvgIpc) is 3.08. The minimum absolute atomic E-state index is 0.196. The van der Waals surface area contributed by atoms with Crippen LogP contribution < -0.4 is 19.6 Å². The summed E-state index contributed by atoms with van der Waals surface area (Å²) in [5.74, 6) is 1.01. The quantitative estimate of drug-likeness (QED) is 0.508. The SMILES string of the molecule is CCCc1nc2s/c(=C\c3ccc(OC(C)=O)c(OC)c3)c(=O)n2n1. The van der Waals surface area contributed by atoms with E-state index in [4.69, 9.17) is 9.47 Å². The van der Waals surface area contributed by atoms with Crippen molar-refractivity contribution in [3.8, 4) is 11.5 Å². The lowest BCUT2D eigenvalue weighted by molar-refractivity contribution is -0.132. The second-order valence-electron chi connectivity index (χ2n) is 5.39. The van der Waals surface area contributed by atoms with E-state index in [1.165, 1.54) is 29.9 Å². The molecule has 8 heteroatoms. The normalized spacial score (nSPS) is 11.9. The molecule has 0 aliphatic rings. The Morgan fingerprint density at radius 1 is 1.36 bits per heavy atom. The van der Waals surface area contributed by atoms with Crippen molar-refractivity contribution in [1.82, 2.24) is 14.6 Å². The number of rotatable bonds is 5. The van der Waals surface area contributed by atoms with Gasteiger partial charge in [0.05, 0.1) is 11.6 Å². The first-order valence-corrected chi connectivity index (χ1v) is 8.60. The van der Waals surface area contributed by atoms with Crippen molar-refractivity contribution in [2.45, 2.75) is 26.7 Å². The molecule has 3 rings (SSSR count). The molecule has 0 saturated heterocycles. The average molecular weight is 359 g/mol. The van der Waals surface area contributed by atoms with Crippen LogP contribution in [0.4, 0.5) is 0 Å². The maximum atomic E-state index is 12.5. The third kappa shape index (κ3) is 3.53. The molecular formula is C17H17N3O4S. The van der Waals surface area contributed by atoms with Gasteiger partial charge in [0.2, 0.25) is 4.96 Å². The number of thiazole rings is 1. The zero-order valence-corrected chi connectivity index (χ0v) is 14.9. The molecule has 0 amide bonds. The minimum Gasteiger partial charge on any atom is -0.493 e. The van der Waals surface area contributed by atoms with E-state index in [0.717, 1.165) is 18.4 Å². The van der Waals surface area contributed by atoms with Gasteiger partial charge in [0.15, 0.2) is 17.3 Å². The number of aromatic nitrogens is 3. The van der Waals surface area contributed by atoms with Crippen molar-refractivity contribution < 1.29 is 14.3 Å². The second-order valence-corrected chi connectivity index (χ2v) is 6.40. The summed E-state index contributed by atoms with van der Waals surface area (Å²) in [5.41, 5.74) is 0.556. The highest BCUT2D eigenvalue weighted by Crippen LogP contribution is 2.28. The summed E-state index contributed by atoms with van der Waals surface area (Å²) >= 11 is 1.29. The number of hydrogen-bond acceptors (Lipinski definition) is 7. The lowest BCUT2D eigenvalue weighted by Gasteiger charge is -2.08. The largest absolute Gasteiger partial charge is 0.493 e. The van der Waals surface area contributed by atoms with Gasteiger partial charge in [0.1, 0.15) is 0 Å². The fraction of sp³-hybridized carbons (Fsp3) is 0.294. The van der Waals surface area contributed by atoms with E-state index in [2.05, 4.69) is 10.1 Å². The topological polar surface area (TPSA) is 82.8 Å². The van der Waals surface area contributed by atoms with Crippen LogP contribution in [0.3, 0.4) is 0 Å². The summed E-state index contributed by atoms with van der Waals surface area (Å²) < 4.78 is 12.2. The number of benzene rings is 1. The van der Waals surface area contributed by atoms with E-state index in [9.17, 15) is 9.59 Å². The maximum Gasteiger partial charge on any atom is 0.308 e. The minimum atomic E-state index is -0.426. The summed E-state index contributed by atoms with van der Waals surface area (Å²) in [6.45, 7) is 3.36. The molecule has 2 heterocycles. The predicted molar refractivity (Wildman–Crippen MR) is 94.2 cm³/mol. The van der Waals surface area contributed by atoms with E-state index in [0.29, 0.717) is 26.8 Å². The second kappa shape index (κ2) is 7.02. The van der Waals surface area contributed by atoms with Crippen LogP contribution in [0.1, 0.15) is 31.7 Å². The highest BCUT2D eigenvalue weighted by Gasteiger charge is 2.11. The molecule has 3 aromatic rings. The van der Waals surface area contributed by atoms with Crippen LogP contribution in [-0.2, 0) is 11.2 Å². The Bertz CT molecular complexity index is 1040. The van der Waals surface area contributed by atoms with Gasteiger partial charge in [-0.1, -0.05) is 24.3 Å². The molecule has 0 saturated carbocycles. The molecule has 1 aromatic carbocycles. The Labute approximate surface area is 147 Å². The van der Waals surface area contributed by atoms with Gasteiger partial charge < -0.3 is 9.47 Å². The summed E-state index contributed by atoms with van der Waals surface area (Å²) in [4.78, 5) is 28.5. The Hall–Kier alpha value is -2.74.